The molecule has 2 aliphatic heterocycles. The van der Waals surface area contributed by atoms with Crippen molar-refractivity contribution in [1.29, 1.82) is 0 Å². The van der Waals surface area contributed by atoms with Gasteiger partial charge in [-0.1, -0.05) is 310 Å². The Hall–Kier alpha value is -3.01. The molecule has 2 aliphatic rings. The lowest BCUT2D eigenvalue weighted by Crippen LogP contribution is -2.68. The van der Waals surface area contributed by atoms with Gasteiger partial charge < -0.3 is 84.2 Å². The lowest BCUT2D eigenvalue weighted by Gasteiger charge is -2.47. The summed E-state index contributed by atoms with van der Waals surface area (Å²) in [6, 6.07) is -3.82. The Bertz CT molecular complexity index is 2490. The summed E-state index contributed by atoms with van der Waals surface area (Å²) >= 11 is 0. The van der Waals surface area contributed by atoms with Crippen molar-refractivity contribution in [2.24, 2.45) is 0 Å². The van der Waals surface area contributed by atoms with E-state index in [1.165, 1.54) is 51.4 Å². The summed E-state index contributed by atoms with van der Waals surface area (Å²) in [6.07, 6.45) is 29.1. The first-order valence-electron chi connectivity index (χ1n) is 44.4. The van der Waals surface area contributed by atoms with Crippen molar-refractivity contribution in [1.82, 2.24) is 10.6 Å². The van der Waals surface area contributed by atoms with E-state index in [0.29, 0.717) is 32.1 Å². The van der Waals surface area contributed by atoms with E-state index in [0.717, 1.165) is 218 Å². The molecule has 658 valence electrons. The van der Waals surface area contributed by atoms with E-state index < -0.39 is 170 Å². The summed E-state index contributed by atoms with van der Waals surface area (Å²) in [5, 5.41) is 62.1. The second-order valence-electron chi connectivity index (χ2n) is 31.8. The van der Waals surface area contributed by atoms with E-state index >= 15 is 0 Å². The van der Waals surface area contributed by atoms with Gasteiger partial charge in [-0.2, -0.15) is 0 Å². The molecule has 0 aromatic heterocycles. The lowest BCUT2D eigenvalue weighted by atomic mass is 9.95. The smallest absolute Gasteiger partial charge is 0.462 e. The third-order valence-corrected chi connectivity index (χ3v) is 22.2. The summed E-state index contributed by atoms with van der Waals surface area (Å²) in [7, 11) is -11.3. The highest BCUT2D eigenvalue weighted by molar-refractivity contribution is 7.46. The minimum atomic E-state index is -5.65. The third kappa shape index (κ3) is 54.1. The molecule has 112 heavy (non-hydrogen) atoms. The van der Waals surface area contributed by atoms with E-state index in [1.807, 2.05) is 0 Å². The number of ether oxygens (including phenoxy) is 6. The summed E-state index contributed by atoms with van der Waals surface area (Å²) in [5.74, 6) is -4.53. The van der Waals surface area contributed by atoms with Crippen LogP contribution in [-0.2, 0) is 70.6 Å². The molecule has 28 heteroatoms. The van der Waals surface area contributed by atoms with Crippen molar-refractivity contribution in [2.75, 3.05) is 13.2 Å². The van der Waals surface area contributed by atoms with Crippen molar-refractivity contribution in [3.8, 4) is 0 Å². The fraction of sp³-hybridized carbons (Fsp3) is 0.917. The number of hydrogen-bond donors (Lipinski definition) is 11. The molecule has 0 aliphatic carbocycles. The van der Waals surface area contributed by atoms with Gasteiger partial charge in [0.1, 0.15) is 42.6 Å². The molecule has 0 radical (unpaired) electrons. The first-order valence-corrected chi connectivity index (χ1v) is 47.5. The number of allylic oxidation sites excluding steroid dienone is 2. The molecule has 9 unspecified atom stereocenters. The number of nitrogens with one attached hydrogen (secondary N) is 2. The molecule has 2 amide bonds. The minimum absolute atomic E-state index is 0.0824. The number of esters is 3. The fourth-order valence-corrected chi connectivity index (χ4v) is 15.7. The highest BCUT2D eigenvalue weighted by atomic mass is 31.2. The SMILES string of the molecule is CCCCCC/C=C\CCCCCCCC(=O)OC(CCCCCCCCCCC)CC(=O)NC1[C@H](OCC2OC(OP(=O)(O)O)C(NC(=O)CC(O)CCCCCCCCCCC)[C@@H](OC(=O)CC(O)CCCCCCCCCCC)[C@@H]2O)OC(CO)[C@@H](OP(=O)(O)O)[C@@H]1OC(=O)CC(O)CCCCCCCCCCC. The molecule has 11 N–H and O–H groups in total. The van der Waals surface area contributed by atoms with Gasteiger partial charge in [0, 0.05) is 6.42 Å². The number of carbonyl (C=O) groups excluding carboxylic acids is 5. The number of phosphoric ester groups is 2. The van der Waals surface area contributed by atoms with Crippen LogP contribution >= 0.6 is 15.6 Å². The van der Waals surface area contributed by atoms with Gasteiger partial charge in [0.2, 0.25) is 11.8 Å². The number of aliphatic hydroxyl groups excluding tert-OH is 5. The first kappa shape index (κ1) is 105. The molecule has 2 heterocycles. The Morgan fingerprint density at radius 1 is 0.393 bits per heavy atom. The van der Waals surface area contributed by atoms with Crippen LogP contribution in [0.2, 0.25) is 0 Å². The number of aliphatic hydroxyl groups is 5. The second kappa shape index (κ2) is 66.8. The number of unbranched alkanes of at least 4 members (excludes halogenated alkanes) is 41. The summed E-state index contributed by atoms with van der Waals surface area (Å²) in [4.78, 5) is 113. The van der Waals surface area contributed by atoms with Crippen LogP contribution in [0.4, 0.5) is 0 Å². The molecule has 26 nitrogen and oxygen atoms in total. The Morgan fingerprint density at radius 3 is 1.14 bits per heavy atom. The van der Waals surface area contributed by atoms with Gasteiger partial charge in [0.05, 0.1) is 57.2 Å². The maximum Gasteiger partial charge on any atom is 0.472 e. The molecular weight excluding hydrogens is 1480 g/mol. The molecule has 0 aromatic carbocycles. The second-order valence-corrected chi connectivity index (χ2v) is 34.2. The lowest BCUT2D eigenvalue weighted by molar-refractivity contribution is -0.296. The van der Waals surface area contributed by atoms with E-state index in [1.54, 1.807) is 0 Å². The quantitative estimate of drug-likeness (QED) is 0.00885. The average molecular weight is 1640 g/mol. The zero-order valence-electron chi connectivity index (χ0n) is 69.8. The summed E-state index contributed by atoms with van der Waals surface area (Å²) < 4.78 is 72.7. The largest absolute Gasteiger partial charge is 0.472 e. The van der Waals surface area contributed by atoms with Gasteiger partial charge in [0.25, 0.3) is 0 Å². The highest BCUT2D eigenvalue weighted by Crippen LogP contribution is 2.44. The summed E-state index contributed by atoms with van der Waals surface area (Å²) in [6.45, 7) is 8.73. The van der Waals surface area contributed by atoms with Crippen LogP contribution in [0.3, 0.4) is 0 Å². The van der Waals surface area contributed by atoms with Gasteiger partial charge in [-0.15, -0.1) is 0 Å². The van der Waals surface area contributed by atoms with Gasteiger partial charge in [-0.3, -0.25) is 33.0 Å². The molecule has 14 atom stereocenters. The number of carbonyl (C=O) groups is 5. The first-order chi connectivity index (χ1) is 53.9. The van der Waals surface area contributed by atoms with Crippen LogP contribution in [0.25, 0.3) is 0 Å². The van der Waals surface area contributed by atoms with Gasteiger partial charge in [0.15, 0.2) is 24.8 Å². The van der Waals surface area contributed by atoms with E-state index in [9.17, 15) is 78.2 Å². The third-order valence-electron chi connectivity index (χ3n) is 21.2. The van der Waals surface area contributed by atoms with Crippen LogP contribution in [0, 0.1) is 0 Å². The average Bonchev–Trinajstić information content (AvgIpc) is 0.782. The molecule has 2 saturated heterocycles. The Labute approximate surface area is 673 Å². The monoisotopic (exact) mass is 1640 g/mol. The van der Waals surface area contributed by atoms with Crippen LogP contribution in [-0.4, -0.2) is 174 Å². The van der Waals surface area contributed by atoms with E-state index in [4.69, 9.17) is 37.5 Å². The van der Waals surface area contributed by atoms with Crippen molar-refractivity contribution in [3.63, 3.8) is 0 Å². The van der Waals surface area contributed by atoms with Crippen LogP contribution in [0.5, 0.6) is 0 Å². The molecule has 0 aromatic rings. The van der Waals surface area contributed by atoms with Gasteiger partial charge >= 0.3 is 33.6 Å². The van der Waals surface area contributed by atoms with Crippen LogP contribution in [0.1, 0.15) is 394 Å². The minimum Gasteiger partial charge on any atom is -0.462 e. The number of phosphoric acid groups is 2. The zero-order chi connectivity index (χ0) is 82.5. The van der Waals surface area contributed by atoms with E-state index in [-0.39, 0.29) is 32.1 Å². The van der Waals surface area contributed by atoms with E-state index in [2.05, 4.69) is 57.4 Å². The number of hydrogen-bond acceptors (Lipinski definition) is 20. The zero-order valence-corrected chi connectivity index (χ0v) is 71.6. The molecule has 0 bridgehead atoms. The van der Waals surface area contributed by atoms with Crippen molar-refractivity contribution >= 4 is 45.4 Å². The predicted molar refractivity (Wildman–Crippen MR) is 434 cm³/mol. The molecule has 0 spiro atoms. The molecule has 0 saturated carbocycles. The topological polar surface area (TPSA) is 399 Å². The molecular formula is C84H158N2O24P2. The Morgan fingerprint density at radius 2 is 0.732 bits per heavy atom. The van der Waals surface area contributed by atoms with Gasteiger partial charge in [-0.05, 0) is 64.2 Å². The Balaban J connectivity index is 2.68. The predicted octanol–water partition coefficient (Wildman–Crippen LogP) is 16.7. The summed E-state index contributed by atoms with van der Waals surface area (Å²) in [5.41, 5.74) is 0. The molecule has 2 rings (SSSR count). The van der Waals surface area contributed by atoms with Crippen molar-refractivity contribution in [3.05, 3.63) is 12.2 Å². The Kier molecular flexibility index (Phi) is 62.7. The normalized spacial score (nSPS) is 21.3. The number of rotatable bonds is 74. The van der Waals surface area contributed by atoms with Gasteiger partial charge in [-0.25, -0.2) is 9.13 Å². The maximum absolute atomic E-state index is 14.9. The fourth-order valence-electron chi connectivity index (χ4n) is 14.7. The standard InChI is InChI=1S/C84H158N2O24P2/c1-6-11-16-21-26-31-32-33-34-39-44-49-54-59-74(93)104-69(58-53-48-43-38-30-25-20-15-10-5)63-73(92)86-78-82(108-76(95)62-68(90)57-52-47-42-37-29-24-19-14-9-4)80(109-111(97,98)99)70(64-87)105-83(78)103-65-71-79(96)81(107-75(94)61-67(89)56-51-46-41-36-28-23-18-13-8-3)77(84(106-71)110-112(100,101)102)85-72(91)60-66(88)55-50-45-40-35-27-22-17-12-7-2/h31-32,66-71,77-84,87-90,96H,6-30,33-65H2,1-5H3,(H,85,91)(H,86,92)(H2,97,98,99)(H2,100,101,102)/b32-31-/t66?,67?,68?,69?,70?,71?,77?,78?,79-,80-,81-,82-,83-,84?/m1/s1. The van der Waals surface area contributed by atoms with Crippen LogP contribution < -0.4 is 10.6 Å². The van der Waals surface area contributed by atoms with Crippen molar-refractivity contribution < 1.29 is 116 Å². The molecule has 2 fully saturated rings. The van der Waals surface area contributed by atoms with Crippen molar-refractivity contribution in [2.45, 2.75) is 480 Å². The number of amides is 2. The highest BCUT2D eigenvalue weighted by Gasteiger charge is 2.55. The van der Waals surface area contributed by atoms with Crippen LogP contribution in [0.15, 0.2) is 12.2 Å². The maximum atomic E-state index is 14.9.